The third-order valence-corrected chi connectivity index (χ3v) is 12.7. The predicted octanol–water partition coefficient (Wildman–Crippen LogP) is 5.69. The van der Waals surface area contributed by atoms with Crippen molar-refractivity contribution >= 4 is 38.8 Å². The SMILES string of the molecule is C=S1(=O)NC(=O)c2ccc3c(c2)N(C[C@@H]2CC[C@@]2(C)[C@H](O)/C=C/CC[C@H]1C)C[C@@]1(CCCc2cc(Cl)ccc21)CO3. The number of carbonyl (C=O) groups excluding carboxylic acids is 1. The molecule has 1 fully saturated rings. The lowest BCUT2D eigenvalue weighted by molar-refractivity contribution is -0.0469. The van der Waals surface area contributed by atoms with Gasteiger partial charge in [-0.1, -0.05) is 36.7 Å². The van der Waals surface area contributed by atoms with Crippen molar-refractivity contribution in [3.05, 3.63) is 70.3 Å². The molecule has 1 saturated carbocycles. The highest BCUT2D eigenvalue weighted by Crippen LogP contribution is 2.52. The fourth-order valence-electron chi connectivity index (χ4n) is 7.30. The summed E-state index contributed by atoms with van der Waals surface area (Å²) in [7, 11) is -2.87. The highest BCUT2D eigenvalue weighted by Gasteiger charge is 2.49. The number of carbonyl (C=O) groups is 1. The van der Waals surface area contributed by atoms with Crippen molar-refractivity contribution in [2.75, 3.05) is 24.6 Å². The predicted molar refractivity (Wildman–Crippen MR) is 168 cm³/mol. The molecule has 2 aromatic rings. The van der Waals surface area contributed by atoms with Crippen molar-refractivity contribution in [3.63, 3.8) is 0 Å². The van der Waals surface area contributed by atoms with Crippen molar-refractivity contribution in [2.24, 2.45) is 11.3 Å². The van der Waals surface area contributed by atoms with E-state index in [1.165, 1.54) is 11.1 Å². The van der Waals surface area contributed by atoms with Crippen LogP contribution < -0.4 is 14.4 Å². The van der Waals surface area contributed by atoms with Crippen molar-refractivity contribution in [1.29, 1.82) is 0 Å². The van der Waals surface area contributed by atoms with Gasteiger partial charge < -0.3 is 14.7 Å². The third kappa shape index (κ3) is 5.19. The number of benzene rings is 2. The van der Waals surface area contributed by atoms with Gasteiger partial charge in [-0.25, -0.2) is 4.21 Å². The molecule has 2 aromatic carbocycles. The Kier molecular flexibility index (Phi) is 7.44. The molecule has 2 aliphatic carbocycles. The number of rotatable bonds is 0. The summed E-state index contributed by atoms with van der Waals surface area (Å²) in [6.45, 7) is 6.07. The Morgan fingerprint density at radius 3 is 2.80 bits per heavy atom. The van der Waals surface area contributed by atoms with Crippen LogP contribution in [-0.4, -0.2) is 52.1 Å². The molecule has 6 rings (SSSR count). The van der Waals surface area contributed by atoms with E-state index >= 15 is 0 Å². The second-order valence-electron chi connectivity index (χ2n) is 12.9. The van der Waals surface area contributed by atoms with Gasteiger partial charge in [-0.05, 0) is 105 Å². The minimum Gasteiger partial charge on any atom is -0.490 e. The lowest BCUT2D eigenvalue weighted by Crippen LogP contribution is -2.53. The third-order valence-electron chi connectivity index (χ3n) is 10.4. The van der Waals surface area contributed by atoms with E-state index in [9.17, 15) is 14.1 Å². The fourth-order valence-corrected chi connectivity index (χ4v) is 8.64. The number of aliphatic hydroxyl groups excluding tert-OH is 1. The Balaban J connectivity index is 1.44. The van der Waals surface area contributed by atoms with E-state index < -0.39 is 15.8 Å². The zero-order chi connectivity index (χ0) is 29.0. The number of halogens is 1. The summed E-state index contributed by atoms with van der Waals surface area (Å²) >= 11 is 6.40. The molecule has 2 N–H and O–H groups in total. The Hall–Kier alpha value is -2.48. The first-order valence-corrected chi connectivity index (χ1v) is 17.0. The maximum atomic E-state index is 13.4. The molecule has 1 amide bonds. The van der Waals surface area contributed by atoms with Gasteiger partial charge in [0.25, 0.3) is 5.91 Å². The summed E-state index contributed by atoms with van der Waals surface area (Å²) in [5, 5.41) is 11.8. The first kappa shape index (κ1) is 28.6. The normalized spacial score (nSPS) is 36.1. The molecule has 6 nitrogen and oxygen atoms in total. The topological polar surface area (TPSA) is 78.9 Å². The minimum atomic E-state index is -2.87. The largest absolute Gasteiger partial charge is 0.490 e. The van der Waals surface area contributed by atoms with Gasteiger partial charge in [0, 0.05) is 39.8 Å². The van der Waals surface area contributed by atoms with E-state index in [1.807, 2.05) is 37.3 Å². The number of fused-ring (bicyclic) bond motifs is 4. The van der Waals surface area contributed by atoms with Gasteiger partial charge in [-0.3, -0.25) is 9.52 Å². The number of allylic oxidation sites excluding steroid dienone is 1. The number of anilines is 1. The van der Waals surface area contributed by atoms with Crippen molar-refractivity contribution in [1.82, 2.24) is 4.72 Å². The van der Waals surface area contributed by atoms with E-state index in [4.69, 9.17) is 16.3 Å². The van der Waals surface area contributed by atoms with Crippen molar-refractivity contribution < 1.29 is 18.8 Å². The van der Waals surface area contributed by atoms with Gasteiger partial charge in [-0.15, -0.1) is 0 Å². The molecular formula is C33H41ClN2O4S. The molecule has 6 atom stereocenters. The lowest BCUT2D eigenvalue weighted by Gasteiger charge is -2.52. The van der Waals surface area contributed by atoms with E-state index in [1.54, 1.807) is 6.07 Å². The average Bonchev–Trinajstić information content (AvgIpc) is 3.08. The second kappa shape index (κ2) is 10.7. The minimum absolute atomic E-state index is 0.226. The Labute approximate surface area is 249 Å². The Morgan fingerprint density at radius 2 is 2.02 bits per heavy atom. The summed E-state index contributed by atoms with van der Waals surface area (Å²) in [4.78, 5) is 15.8. The van der Waals surface area contributed by atoms with E-state index in [-0.39, 0.29) is 27.9 Å². The molecule has 2 bridgehead atoms. The van der Waals surface area contributed by atoms with Gasteiger partial charge in [0.15, 0.2) is 0 Å². The van der Waals surface area contributed by atoms with E-state index in [0.717, 1.165) is 61.7 Å². The molecule has 0 radical (unpaired) electrons. The highest BCUT2D eigenvalue weighted by molar-refractivity contribution is 7.99. The molecule has 8 heteroatoms. The van der Waals surface area contributed by atoms with Crippen LogP contribution in [0.3, 0.4) is 0 Å². The maximum absolute atomic E-state index is 13.4. The number of amides is 1. The molecule has 2 heterocycles. The van der Waals surface area contributed by atoms with Crippen LogP contribution >= 0.6 is 11.6 Å². The molecule has 0 aromatic heterocycles. The highest BCUT2D eigenvalue weighted by atomic mass is 35.5. The smallest absolute Gasteiger partial charge is 0.262 e. The Bertz CT molecular complexity index is 1490. The van der Waals surface area contributed by atoms with Gasteiger partial charge in [0.1, 0.15) is 5.75 Å². The van der Waals surface area contributed by atoms with Crippen LogP contribution in [0.15, 0.2) is 48.6 Å². The molecule has 41 heavy (non-hydrogen) atoms. The summed E-state index contributed by atoms with van der Waals surface area (Å²) in [6, 6.07) is 11.7. The van der Waals surface area contributed by atoms with Crippen LogP contribution in [0.5, 0.6) is 5.75 Å². The van der Waals surface area contributed by atoms with Crippen molar-refractivity contribution in [3.8, 4) is 5.75 Å². The molecule has 0 saturated heterocycles. The Morgan fingerprint density at radius 1 is 1.20 bits per heavy atom. The molecule has 2 aliphatic heterocycles. The molecular weight excluding hydrogens is 556 g/mol. The van der Waals surface area contributed by atoms with Crippen LogP contribution in [0.4, 0.5) is 5.69 Å². The number of nitrogens with zero attached hydrogens (tertiary/aromatic N) is 1. The van der Waals surface area contributed by atoms with Gasteiger partial charge in [0.2, 0.25) is 0 Å². The van der Waals surface area contributed by atoms with Crippen molar-refractivity contribution in [2.45, 2.75) is 75.6 Å². The van der Waals surface area contributed by atoms with Crippen LogP contribution in [-0.2, 0) is 21.5 Å². The van der Waals surface area contributed by atoms with Gasteiger partial charge >= 0.3 is 0 Å². The average molecular weight is 597 g/mol. The van der Waals surface area contributed by atoms with Crippen LogP contribution in [0.2, 0.25) is 5.02 Å². The number of nitrogens with one attached hydrogen (secondary N) is 1. The number of hydrogen-bond acceptors (Lipinski definition) is 5. The summed E-state index contributed by atoms with van der Waals surface area (Å²) < 4.78 is 22.7. The summed E-state index contributed by atoms with van der Waals surface area (Å²) in [6.07, 6.45) is 9.64. The zero-order valence-electron chi connectivity index (χ0n) is 24.0. The zero-order valence-corrected chi connectivity index (χ0v) is 25.6. The van der Waals surface area contributed by atoms with Crippen LogP contribution in [0.1, 0.15) is 73.9 Å². The standard InChI is InChI=1S/C33H41ClN2O4S/c1-22-7-4-5-9-30(37)32(2)16-14-25(32)19-36-20-33(15-6-8-23-17-26(34)11-12-27(23)33)21-40-29-13-10-24(18-28(29)36)31(38)35-41(22,3)39/h5,9-13,17-18,22,25,30,37H,3-4,6-8,14-16,19-21H2,1-2H3,(H,35,38,39)/b9-5+/t22-,25+,30-,32-,33+,41?/m1/s1. The van der Waals surface area contributed by atoms with Gasteiger partial charge in [-0.2, -0.15) is 0 Å². The monoisotopic (exact) mass is 596 g/mol. The number of aliphatic hydroxyl groups is 1. The van der Waals surface area contributed by atoms with E-state index in [0.29, 0.717) is 25.0 Å². The quantitative estimate of drug-likeness (QED) is 0.302. The molecule has 4 aliphatic rings. The van der Waals surface area contributed by atoms with Crippen LogP contribution in [0, 0.1) is 11.3 Å². The molecule has 220 valence electrons. The molecule has 1 unspecified atom stereocenters. The van der Waals surface area contributed by atoms with E-state index in [2.05, 4.69) is 34.5 Å². The fraction of sp³-hybridized carbons (Fsp3) is 0.515. The second-order valence-corrected chi connectivity index (χ2v) is 15.8. The number of hydrogen-bond donors (Lipinski definition) is 2. The van der Waals surface area contributed by atoms with Gasteiger partial charge in [0.05, 0.1) is 28.1 Å². The number of aryl methyl sites for hydroxylation is 1. The summed E-state index contributed by atoms with van der Waals surface area (Å²) in [5.41, 5.74) is 3.40. The number of ether oxygens (including phenoxy) is 1. The maximum Gasteiger partial charge on any atom is 0.262 e. The molecule has 1 spiro atoms. The first-order chi connectivity index (χ1) is 19.5. The lowest BCUT2D eigenvalue weighted by atomic mass is 9.58. The first-order valence-electron chi connectivity index (χ1n) is 14.8. The van der Waals surface area contributed by atoms with Crippen LogP contribution in [0.25, 0.3) is 0 Å². The summed E-state index contributed by atoms with van der Waals surface area (Å²) in [5.74, 6) is 4.53.